The standard InChI is InChI=1S/C12H12ClNO2/c1-3-16-12(15)6-9-4-8(2)11(13)5-10(9)7-14/h4-5H,3,6H2,1-2H3. The molecule has 0 saturated heterocycles. The van der Waals surface area contributed by atoms with Crippen molar-refractivity contribution in [1.82, 2.24) is 0 Å². The first-order chi connectivity index (χ1) is 7.58. The maximum atomic E-state index is 11.3. The van der Waals surface area contributed by atoms with Crippen molar-refractivity contribution in [2.75, 3.05) is 6.61 Å². The van der Waals surface area contributed by atoms with Crippen LogP contribution in [-0.2, 0) is 16.0 Å². The van der Waals surface area contributed by atoms with Crippen molar-refractivity contribution in [3.8, 4) is 6.07 Å². The Morgan fingerprint density at radius 2 is 2.25 bits per heavy atom. The van der Waals surface area contributed by atoms with Gasteiger partial charge in [-0.2, -0.15) is 5.26 Å². The minimum absolute atomic E-state index is 0.106. The number of carbonyl (C=O) groups excluding carboxylic acids is 1. The van der Waals surface area contributed by atoms with E-state index in [1.54, 1.807) is 19.1 Å². The molecule has 0 aromatic heterocycles. The fourth-order valence-corrected chi connectivity index (χ4v) is 1.52. The molecule has 0 atom stereocenters. The van der Waals surface area contributed by atoms with Crippen LogP contribution < -0.4 is 0 Å². The van der Waals surface area contributed by atoms with Crippen LogP contribution >= 0.6 is 11.6 Å². The summed E-state index contributed by atoms with van der Waals surface area (Å²) in [4.78, 5) is 11.3. The van der Waals surface area contributed by atoms with Crippen LogP contribution in [0.15, 0.2) is 12.1 Å². The molecule has 0 unspecified atom stereocenters. The van der Waals surface area contributed by atoms with Gasteiger partial charge >= 0.3 is 5.97 Å². The predicted octanol–water partition coefficient (Wildman–Crippen LogP) is 2.63. The summed E-state index contributed by atoms with van der Waals surface area (Å²) in [5.41, 5.74) is 1.92. The topological polar surface area (TPSA) is 50.1 Å². The third kappa shape index (κ3) is 2.98. The van der Waals surface area contributed by atoms with Crippen molar-refractivity contribution >= 4 is 17.6 Å². The highest BCUT2D eigenvalue weighted by Gasteiger charge is 2.10. The first-order valence-electron chi connectivity index (χ1n) is 4.93. The lowest BCUT2D eigenvalue weighted by Crippen LogP contribution is -2.09. The second kappa shape index (κ2) is 5.53. The Bertz CT molecular complexity index is 449. The van der Waals surface area contributed by atoms with Crippen molar-refractivity contribution in [3.63, 3.8) is 0 Å². The van der Waals surface area contributed by atoms with Gasteiger partial charge in [-0.1, -0.05) is 17.7 Å². The number of rotatable bonds is 3. The van der Waals surface area contributed by atoms with E-state index in [1.165, 1.54) is 0 Å². The highest BCUT2D eigenvalue weighted by molar-refractivity contribution is 6.31. The van der Waals surface area contributed by atoms with E-state index in [9.17, 15) is 4.79 Å². The van der Waals surface area contributed by atoms with Crippen LogP contribution in [0.1, 0.15) is 23.6 Å². The first-order valence-corrected chi connectivity index (χ1v) is 5.31. The molecule has 16 heavy (non-hydrogen) atoms. The highest BCUT2D eigenvalue weighted by atomic mass is 35.5. The van der Waals surface area contributed by atoms with Crippen LogP contribution in [0.4, 0.5) is 0 Å². The molecule has 0 aliphatic carbocycles. The number of ether oxygens (including phenoxy) is 1. The van der Waals surface area contributed by atoms with Gasteiger partial charge in [0.05, 0.1) is 24.7 Å². The van der Waals surface area contributed by atoms with Crippen molar-refractivity contribution in [3.05, 3.63) is 33.8 Å². The number of esters is 1. The Morgan fingerprint density at radius 3 is 2.81 bits per heavy atom. The van der Waals surface area contributed by atoms with Crippen LogP contribution in [0.3, 0.4) is 0 Å². The molecule has 0 saturated carbocycles. The summed E-state index contributed by atoms with van der Waals surface area (Å²) in [6.07, 6.45) is 0.106. The fourth-order valence-electron chi connectivity index (χ4n) is 1.36. The van der Waals surface area contributed by atoms with E-state index in [1.807, 2.05) is 13.0 Å². The van der Waals surface area contributed by atoms with Crippen molar-refractivity contribution < 1.29 is 9.53 Å². The molecule has 0 heterocycles. The SMILES string of the molecule is CCOC(=O)Cc1cc(C)c(Cl)cc1C#N. The zero-order valence-electron chi connectivity index (χ0n) is 9.21. The quantitative estimate of drug-likeness (QED) is 0.760. The summed E-state index contributed by atoms with van der Waals surface area (Å²) < 4.78 is 4.83. The molecule has 1 rings (SSSR count). The maximum Gasteiger partial charge on any atom is 0.310 e. The van der Waals surface area contributed by atoms with Gasteiger partial charge in [-0.15, -0.1) is 0 Å². The van der Waals surface area contributed by atoms with Gasteiger partial charge in [0.2, 0.25) is 0 Å². The summed E-state index contributed by atoms with van der Waals surface area (Å²) in [7, 11) is 0. The van der Waals surface area contributed by atoms with Gasteiger partial charge in [0, 0.05) is 5.02 Å². The monoisotopic (exact) mass is 237 g/mol. The number of aryl methyl sites for hydroxylation is 1. The summed E-state index contributed by atoms with van der Waals surface area (Å²) in [6, 6.07) is 5.34. The smallest absolute Gasteiger partial charge is 0.310 e. The average Bonchev–Trinajstić information content (AvgIpc) is 2.23. The number of nitriles is 1. The van der Waals surface area contributed by atoms with Crippen LogP contribution in [0, 0.1) is 18.3 Å². The third-order valence-corrected chi connectivity index (χ3v) is 2.55. The summed E-state index contributed by atoms with van der Waals surface area (Å²) in [5, 5.41) is 9.45. The molecule has 0 amide bonds. The Balaban J connectivity index is 3.00. The molecule has 0 N–H and O–H groups in total. The number of nitrogens with zero attached hydrogens (tertiary/aromatic N) is 1. The molecule has 0 aliphatic rings. The van der Waals surface area contributed by atoms with Gasteiger partial charge in [-0.3, -0.25) is 4.79 Å². The Morgan fingerprint density at radius 1 is 1.56 bits per heavy atom. The number of halogens is 1. The molecular weight excluding hydrogens is 226 g/mol. The van der Waals surface area contributed by atoms with Crippen LogP contribution in [-0.4, -0.2) is 12.6 Å². The van der Waals surface area contributed by atoms with Crippen LogP contribution in [0.2, 0.25) is 5.02 Å². The molecule has 0 bridgehead atoms. The second-order valence-electron chi connectivity index (χ2n) is 3.35. The molecule has 0 radical (unpaired) electrons. The lowest BCUT2D eigenvalue weighted by atomic mass is 10.0. The van der Waals surface area contributed by atoms with Gasteiger partial charge in [-0.05, 0) is 31.0 Å². The molecule has 0 aliphatic heterocycles. The van der Waals surface area contributed by atoms with Crippen molar-refractivity contribution in [1.29, 1.82) is 5.26 Å². The lowest BCUT2D eigenvalue weighted by Gasteiger charge is -2.06. The summed E-state index contributed by atoms with van der Waals surface area (Å²) in [6.45, 7) is 3.92. The Hall–Kier alpha value is -1.53. The minimum atomic E-state index is -0.333. The molecule has 3 nitrogen and oxygen atoms in total. The zero-order chi connectivity index (χ0) is 12.1. The van der Waals surface area contributed by atoms with E-state index in [4.69, 9.17) is 21.6 Å². The maximum absolute atomic E-state index is 11.3. The number of hydrogen-bond donors (Lipinski definition) is 0. The van der Waals surface area contributed by atoms with Crippen LogP contribution in [0.5, 0.6) is 0 Å². The summed E-state index contributed by atoms with van der Waals surface area (Å²) >= 11 is 5.89. The van der Waals surface area contributed by atoms with E-state index in [2.05, 4.69) is 0 Å². The normalized spacial score (nSPS) is 9.62. The van der Waals surface area contributed by atoms with Crippen LogP contribution in [0.25, 0.3) is 0 Å². The Labute approximate surface area is 99.6 Å². The number of carbonyl (C=O) groups is 1. The molecule has 4 heteroatoms. The average molecular weight is 238 g/mol. The van der Waals surface area contributed by atoms with E-state index >= 15 is 0 Å². The molecule has 84 valence electrons. The van der Waals surface area contributed by atoms with Crippen molar-refractivity contribution in [2.45, 2.75) is 20.3 Å². The fraction of sp³-hybridized carbons (Fsp3) is 0.333. The molecular formula is C12H12ClNO2. The molecule has 0 spiro atoms. The molecule has 1 aromatic rings. The number of hydrogen-bond acceptors (Lipinski definition) is 3. The summed E-state index contributed by atoms with van der Waals surface area (Å²) in [5.74, 6) is -0.333. The van der Waals surface area contributed by atoms with E-state index in [-0.39, 0.29) is 12.4 Å². The van der Waals surface area contributed by atoms with Gasteiger partial charge in [0.1, 0.15) is 0 Å². The van der Waals surface area contributed by atoms with Crippen molar-refractivity contribution in [2.24, 2.45) is 0 Å². The predicted molar refractivity (Wildman–Crippen MR) is 61.2 cm³/mol. The Kier molecular flexibility index (Phi) is 4.33. The van der Waals surface area contributed by atoms with Gasteiger partial charge in [0.25, 0.3) is 0 Å². The lowest BCUT2D eigenvalue weighted by molar-refractivity contribution is -0.142. The third-order valence-electron chi connectivity index (χ3n) is 2.15. The second-order valence-corrected chi connectivity index (χ2v) is 3.76. The zero-order valence-corrected chi connectivity index (χ0v) is 9.97. The van der Waals surface area contributed by atoms with E-state index < -0.39 is 0 Å². The first kappa shape index (κ1) is 12.5. The highest BCUT2D eigenvalue weighted by Crippen LogP contribution is 2.21. The number of benzene rings is 1. The molecule has 1 aromatic carbocycles. The van der Waals surface area contributed by atoms with Gasteiger partial charge in [-0.25, -0.2) is 0 Å². The minimum Gasteiger partial charge on any atom is -0.466 e. The van der Waals surface area contributed by atoms with E-state index in [0.29, 0.717) is 22.8 Å². The largest absolute Gasteiger partial charge is 0.466 e. The molecule has 0 fully saturated rings. The van der Waals surface area contributed by atoms with Gasteiger partial charge < -0.3 is 4.74 Å². The van der Waals surface area contributed by atoms with Gasteiger partial charge in [0.15, 0.2) is 0 Å². The van der Waals surface area contributed by atoms with E-state index in [0.717, 1.165) is 5.56 Å².